The Labute approximate surface area is 170 Å². The average Bonchev–Trinajstić information content (AvgIpc) is 3.18. The molecule has 0 amide bonds. The number of aromatic nitrogens is 4. The summed E-state index contributed by atoms with van der Waals surface area (Å²) < 4.78 is 1.96. The highest BCUT2D eigenvalue weighted by atomic mass is 16.1. The molecule has 0 unspecified atom stereocenters. The fraction of sp³-hybridized carbons (Fsp3) is 0.455. The molecule has 2 fully saturated rings. The van der Waals surface area contributed by atoms with Gasteiger partial charge in [0.15, 0.2) is 0 Å². The van der Waals surface area contributed by atoms with E-state index in [0.717, 1.165) is 61.1 Å². The lowest BCUT2D eigenvalue weighted by molar-refractivity contribution is -0.114. The normalized spacial score (nSPS) is 25.2. The first-order valence-corrected chi connectivity index (χ1v) is 10.3. The van der Waals surface area contributed by atoms with E-state index in [4.69, 9.17) is 4.98 Å². The van der Waals surface area contributed by atoms with Crippen molar-refractivity contribution in [1.82, 2.24) is 24.6 Å². The van der Waals surface area contributed by atoms with Crippen molar-refractivity contribution in [2.75, 3.05) is 31.6 Å². The number of likely N-dealkylation sites (N-methyl/N-ethyl adjacent to an activating group) is 1. The van der Waals surface area contributed by atoms with Gasteiger partial charge in [-0.2, -0.15) is 5.10 Å². The van der Waals surface area contributed by atoms with Crippen LogP contribution in [0, 0.1) is 5.92 Å². The Morgan fingerprint density at radius 1 is 1.14 bits per heavy atom. The summed E-state index contributed by atoms with van der Waals surface area (Å²) in [5.41, 5.74) is 4.81. The number of nitrogens with zero attached hydrogens (tertiary/aromatic N) is 6. The third-order valence-corrected chi connectivity index (χ3v) is 6.46. The van der Waals surface area contributed by atoms with Crippen LogP contribution < -0.4 is 4.90 Å². The van der Waals surface area contributed by atoms with Crippen molar-refractivity contribution in [1.29, 1.82) is 0 Å². The molecular formula is C22H26N6O. The molecule has 0 spiro atoms. The van der Waals surface area contributed by atoms with Crippen LogP contribution in [0.2, 0.25) is 0 Å². The first-order chi connectivity index (χ1) is 14.1. The molecule has 1 aliphatic carbocycles. The molecule has 150 valence electrons. The van der Waals surface area contributed by atoms with E-state index in [1.165, 1.54) is 5.69 Å². The van der Waals surface area contributed by atoms with Crippen molar-refractivity contribution in [3.05, 3.63) is 36.8 Å². The van der Waals surface area contributed by atoms with Gasteiger partial charge in [0.1, 0.15) is 6.29 Å². The molecule has 3 heterocycles. The second-order valence-electron chi connectivity index (χ2n) is 8.43. The number of hydrogen-bond donors (Lipinski definition) is 0. The Kier molecular flexibility index (Phi) is 4.54. The lowest BCUT2D eigenvalue weighted by Crippen LogP contribution is -2.50. The highest BCUT2D eigenvalue weighted by molar-refractivity contribution is 5.81. The van der Waals surface area contributed by atoms with E-state index >= 15 is 0 Å². The third kappa shape index (κ3) is 3.40. The van der Waals surface area contributed by atoms with Crippen molar-refractivity contribution in [2.45, 2.75) is 31.8 Å². The zero-order valence-corrected chi connectivity index (χ0v) is 16.9. The Hall–Kier alpha value is -2.80. The summed E-state index contributed by atoms with van der Waals surface area (Å²) in [6.07, 6.45) is 8.48. The average molecular weight is 390 g/mol. The molecule has 3 aromatic rings. The molecule has 1 aromatic carbocycles. The van der Waals surface area contributed by atoms with Crippen molar-refractivity contribution in [2.24, 2.45) is 5.92 Å². The molecule has 0 radical (unpaired) electrons. The summed E-state index contributed by atoms with van der Waals surface area (Å²) >= 11 is 0. The number of piperazine rings is 1. The van der Waals surface area contributed by atoms with Crippen molar-refractivity contribution >= 4 is 23.0 Å². The number of carbonyl (C=O) groups excluding carboxylic acids is 1. The molecule has 0 N–H and O–H groups in total. The molecule has 7 heteroatoms. The lowest BCUT2D eigenvalue weighted by Gasteiger charge is -2.39. The maximum Gasteiger partial charge on any atom is 0.123 e. The summed E-state index contributed by atoms with van der Waals surface area (Å²) in [7, 11) is 2.18. The van der Waals surface area contributed by atoms with Crippen LogP contribution in [-0.4, -0.2) is 63.7 Å². The minimum absolute atomic E-state index is 0.184. The van der Waals surface area contributed by atoms with Crippen LogP contribution in [0.25, 0.3) is 22.3 Å². The van der Waals surface area contributed by atoms with Crippen molar-refractivity contribution < 1.29 is 4.79 Å². The van der Waals surface area contributed by atoms with Crippen LogP contribution in [0.4, 0.5) is 5.69 Å². The van der Waals surface area contributed by atoms with E-state index in [0.29, 0.717) is 12.1 Å². The van der Waals surface area contributed by atoms with Gasteiger partial charge in [0.25, 0.3) is 0 Å². The quantitative estimate of drug-likeness (QED) is 0.638. The second kappa shape index (κ2) is 7.22. The number of fused-ring (bicyclic) bond motifs is 1. The second-order valence-corrected chi connectivity index (χ2v) is 8.43. The number of hydrogen-bond acceptors (Lipinski definition) is 6. The predicted octanol–water partition coefficient (Wildman–Crippen LogP) is 2.78. The van der Waals surface area contributed by atoms with Gasteiger partial charge in [-0.25, -0.2) is 4.98 Å². The zero-order valence-electron chi connectivity index (χ0n) is 16.9. The molecule has 0 bridgehead atoms. The third-order valence-electron chi connectivity index (χ3n) is 6.46. The van der Waals surface area contributed by atoms with Gasteiger partial charge >= 0.3 is 0 Å². The minimum Gasteiger partial charge on any atom is -0.369 e. The Balaban J connectivity index is 1.40. The van der Waals surface area contributed by atoms with Crippen molar-refractivity contribution in [3.8, 4) is 11.3 Å². The smallest absolute Gasteiger partial charge is 0.123 e. The van der Waals surface area contributed by atoms with Gasteiger partial charge in [0, 0.05) is 49.0 Å². The van der Waals surface area contributed by atoms with Gasteiger partial charge < -0.3 is 14.6 Å². The monoisotopic (exact) mass is 390 g/mol. The number of anilines is 1. The SMILES string of the molecule is C[C@@H]1CN(c2ccc3ncc(-c4cnn(C5CC(C=O)C5)c4)nc3c2)CCN1C. The first kappa shape index (κ1) is 18.2. The predicted molar refractivity (Wildman–Crippen MR) is 113 cm³/mol. The largest absolute Gasteiger partial charge is 0.369 e. The zero-order chi connectivity index (χ0) is 20.0. The van der Waals surface area contributed by atoms with Gasteiger partial charge in [-0.3, -0.25) is 9.67 Å². The molecule has 1 aliphatic heterocycles. The summed E-state index contributed by atoms with van der Waals surface area (Å²) in [5.74, 6) is 0.184. The Morgan fingerprint density at radius 2 is 2.00 bits per heavy atom. The minimum atomic E-state index is 0.184. The van der Waals surface area contributed by atoms with E-state index in [9.17, 15) is 4.79 Å². The fourth-order valence-corrected chi connectivity index (χ4v) is 4.25. The highest BCUT2D eigenvalue weighted by Crippen LogP contribution is 2.36. The standard InChI is InChI=1S/C22H26N6O/c1-15-12-27(6-5-26(15)2)18-3-4-20-21(9-18)25-22(11-23-20)17-10-24-28(13-17)19-7-16(8-19)14-29/h3-4,9-11,13-16,19H,5-8,12H2,1-2H3/t15-,16?,19?/m1/s1. The molecule has 1 saturated carbocycles. The van der Waals surface area contributed by atoms with Crippen LogP contribution in [-0.2, 0) is 4.79 Å². The molecule has 2 aliphatic rings. The topological polar surface area (TPSA) is 67.2 Å². The molecule has 2 aromatic heterocycles. The van der Waals surface area contributed by atoms with Gasteiger partial charge in [0.2, 0.25) is 0 Å². The summed E-state index contributed by atoms with van der Waals surface area (Å²) in [4.78, 5) is 25.1. The summed E-state index contributed by atoms with van der Waals surface area (Å²) in [6, 6.07) is 7.20. The van der Waals surface area contributed by atoms with Gasteiger partial charge in [0.05, 0.1) is 35.2 Å². The van der Waals surface area contributed by atoms with Crippen LogP contribution in [0.3, 0.4) is 0 Å². The van der Waals surface area contributed by atoms with Crippen LogP contribution in [0.1, 0.15) is 25.8 Å². The van der Waals surface area contributed by atoms with Gasteiger partial charge in [-0.15, -0.1) is 0 Å². The van der Waals surface area contributed by atoms with Crippen LogP contribution in [0.5, 0.6) is 0 Å². The van der Waals surface area contributed by atoms with Crippen molar-refractivity contribution in [3.63, 3.8) is 0 Å². The molecule has 7 nitrogen and oxygen atoms in total. The van der Waals surface area contributed by atoms with Crippen LogP contribution in [0.15, 0.2) is 36.8 Å². The van der Waals surface area contributed by atoms with Crippen LogP contribution >= 0.6 is 0 Å². The maximum atomic E-state index is 10.8. The number of rotatable bonds is 4. The number of aldehydes is 1. The van der Waals surface area contributed by atoms with E-state index < -0.39 is 0 Å². The highest BCUT2D eigenvalue weighted by Gasteiger charge is 2.30. The van der Waals surface area contributed by atoms with Gasteiger partial charge in [-0.05, 0) is 45.0 Å². The Morgan fingerprint density at radius 3 is 2.79 bits per heavy atom. The van der Waals surface area contributed by atoms with E-state index in [1.807, 2.05) is 23.3 Å². The van der Waals surface area contributed by atoms with E-state index in [1.54, 1.807) is 0 Å². The van der Waals surface area contributed by atoms with E-state index in [-0.39, 0.29) is 5.92 Å². The molecule has 29 heavy (non-hydrogen) atoms. The lowest BCUT2D eigenvalue weighted by atomic mass is 9.81. The summed E-state index contributed by atoms with van der Waals surface area (Å²) in [5, 5.41) is 4.49. The number of carbonyl (C=O) groups is 1. The fourth-order valence-electron chi connectivity index (χ4n) is 4.25. The van der Waals surface area contributed by atoms with Gasteiger partial charge in [-0.1, -0.05) is 0 Å². The Bertz CT molecular complexity index is 1040. The number of benzene rings is 1. The molecule has 1 atom stereocenters. The molecular weight excluding hydrogens is 364 g/mol. The molecule has 5 rings (SSSR count). The summed E-state index contributed by atoms with van der Waals surface area (Å²) in [6.45, 7) is 5.37. The van der Waals surface area contributed by atoms with E-state index in [2.05, 4.69) is 52.1 Å². The molecule has 1 saturated heterocycles. The maximum absolute atomic E-state index is 10.8. The first-order valence-electron chi connectivity index (χ1n) is 10.3.